The van der Waals surface area contributed by atoms with Gasteiger partial charge in [0.1, 0.15) is 5.56 Å². The number of fused-ring (bicyclic) bond motifs is 1. The first kappa shape index (κ1) is 14.3. The third-order valence-corrected chi connectivity index (χ3v) is 3.31. The van der Waals surface area contributed by atoms with Crippen molar-refractivity contribution < 1.29 is 19.4 Å². The lowest BCUT2D eigenvalue weighted by molar-refractivity contribution is 0.0524. The highest BCUT2D eigenvalue weighted by Gasteiger charge is 2.17. The molecular formula is C13H10BrNO5. The summed E-state index contributed by atoms with van der Waals surface area (Å²) < 4.78 is 5.21. The van der Waals surface area contributed by atoms with E-state index in [-0.39, 0.29) is 23.1 Å². The number of carbonyl (C=O) groups excluding carboxylic acids is 1. The molecule has 0 aliphatic heterocycles. The summed E-state index contributed by atoms with van der Waals surface area (Å²) in [5.41, 5.74) is -0.348. The topological polar surface area (TPSA) is 96.5 Å². The molecule has 0 bridgehead atoms. The Morgan fingerprint density at radius 2 is 2.10 bits per heavy atom. The fourth-order valence-electron chi connectivity index (χ4n) is 1.77. The van der Waals surface area contributed by atoms with E-state index in [4.69, 9.17) is 9.84 Å². The number of halogens is 1. The number of aromatic nitrogens is 1. The van der Waals surface area contributed by atoms with E-state index < -0.39 is 17.4 Å². The molecule has 0 unspecified atom stereocenters. The molecule has 0 saturated heterocycles. The Morgan fingerprint density at radius 1 is 1.40 bits per heavy atom. The second-order valence-corrected chi connectivity index (χ2v) is 4.79. The van der Waals surface area contributed by atoms with Crippen molar-refractivity contribution in [3.63, 3.8) is 0 Å². The number of hydrogen-bond donors (Lipinski definition) is 2. The van der Waals surface area contributed by atoms with E-state index in [1.54, 1.807) is 6.92 Å². The number of carboxylic acids is 1. The molecule has 1 aromatic carbocycles. The standard InChI is InChI=1S/C13H10BrNO5/c1-2-20-13(19)8-5-15-10-7(11(8)16)3-6(12(17)18)4-9(10)14/h3-5H,2H2,1H3,(H,15,16)(H,17,18). The first-order valence-electron chi connectivity index (χ1n) is 5.71. The minimum atomic E-state index is -1.16. The fourth-order valence-corrected chi connectivity index (χ4v) is 2.35. The van der Waals surface area contributed by atoms with Crippen LogP contribution in [0.2, 0.25) is 0 Å². The Morgan fingerprint density at radius 3 is 2.70 bits per heavy atom. The number of rotatable bonds is 3. The Kier molecular flexibility index (Phi) is 3.89. The average molecular weight is 340 g/mol. The number of esters is 1. The van der Waals surface area contributed by atoms with E-state index in [0.717, 1.165) is 0 Å². The van der Waals surface area contributed by atoms with Crippen molar-refractivity contribution in [3.05, 3.63) is 44.2 Å². The molecule has 0 aliphatic carbocycles. The van der Waals surface area contributed by atoms with Gasteiger partial charge in [-0.1, -0.05) is 0 Å². The molecule has 1 aromatic heterocycles. The van der Waals surface area contributed by atoms with Crippen LogP contribution in [0, 0.1) is 0 Å². The first-order valence-corrected chi connectivity index (χ1v) is 6.50. The monoisotopic (exact) mass is 339 g/mol. The van der Waals surface area contributed by atoms with Crippen LogP contribution in [-0.2, 0) is 4.74 Å². The van der Waals surface area contributed by atoms with Gasteiger partial charge in [0.05, 0.1) is 17.7 Å². The number of aromatic carboxylic acids is 1. The minimum Gasteiger partial charge on any atom is -0.478 e. The van der Waals surface area contributed by atoms with Crippen LogP contribution >= 0.6 is 15.9 Å². The van der Waals surface area contributed by atoms with Gasteiger partial charge in [-0.2, -0.15) is 0 Å². The molecule has 2 rings (SSSR count). The van der Waals surface area contributed by atoms with Crippen molar-refractivity contribution >= 4 is 38.8 Å². The van der Waals surface area contributed by atoms with Crippen LogP contribution in [-0.4, -0.2) is 28.6 Å². The summed E-state index contributed by atoms with van der Waals surface area (Å²) in [7, 11) is 0. The van der Waals surface area contributed by atoms with Crippen molar-refractivity contribution in [1.82, 2.24) is 4.98 Å². The summed E-state index contributed by atoms with van der Waals surface area (Å²) in [5, 5.41) is 9.11. The second-order valence-electron chi connectivity index (χ2n) is 3.94. The highest BCUT2D eigenvalue weighted by molar-refractivity contribution is 9.10. The Hall–Kier alpha value is -2.15. The van der Waals surface area contributed by atoms with E-state index in [1.165, 1.54) is 18.3 Å². The molecule has 1 heterocycles. The van der Waals surface area contributed by atoms with Crippen LogP contribution in [0.25, 0.3) is 10.9 Å². The predicted molar refractivity (Wildman–Crippen MR) is 75.2 cm³/mol. The van der Waals surface area contributed by atoms with Gasteiger partial charge in [0.15, 0.2) is 0 Å². The second kappa shape index (κ2) is 5.46. The number of carboxylic acid groups (broad SMARTS) is 1. The molecule has 0 fully saturated rings. The van der Waals surface area contributed by atoms with Crippen LogP contribution in [0.4, 0.5) is 0 Å². The summed E-state index contributed by atoms with van der Waals surface area (Å²) in [5.74, 6) is -1.90. The van der Waals surface area contributed by atoms with Crippen molar-refractivity contribution in [2.75, 3.05) is 6.61 Å². The molecule has 0 aliphatic rings. The summed E-state index contributed by atoms with van der Waals surface area (Å²) in [6.07, 6.45) is 1.26. The third kappa shape index (κ3) is 2.44. The van der Waals surface area contributed by atoms with Crippen LogP contribution in [0.15, 0.2) is 27.6 Å². The number of ether oxygens (including phenoxy) is 1. The minimum absolute atomic E-state index is 0.0455. The molecule has 0 amide bonds. The summed E-state index contributed by atoms with van der Waals surface area (Å²) in [6.45, 7) is 1.78. The number of pyridine rings is 1. The quantitative estimate of drug-likeness (QED) is 0.835. The number of H-pyrrole nitrogens is 1. The molecule has 0 radical (unpaired) electrons. The number of carbonyl (C=O) groups is 2. The molecule has 0 spiro atoms. The van der Waals surface area contributed by atoms with Gasteiger partial charge >= 0.3 is 11.9 Å². The summed E-state index contributed by atoms with van der Waals surface area (Å²) >= 11 is 3.19. The lowest BCUT2D eigenvalue weighted by atomic mass is 10.1. The number of benzene rings is 1. The van der Waals surface area contributed by atoms with E-state index in [1.807, 2.05) is 0 Å². The maximum Gasteiger partial charge on any atom is 0.343 e. The van der Waals surface area contributed by atoms with Crippen LogP contribution in [0.1, 0.15) is 27.6 Å². The third-order valence-electron chi connectivity index (χ3n) is 2.68. The predicted octanol–water partition coefficient (Wildman–Crippen LogP) is 2.17. The van der Waals surface area contributed by atoms with Gasteiger partial charge in [-0.25, -0.2) is 9.59 Å². The van der Waals surface area contributed by atoms with Crippen molar-refractivity contribution in [2.45, 2.75) is 6.92 Å². The Balaban J connectivity index is 2.74. The van der Waals surface area contributed by atoms with E-state index >= 15 is 0 Å². The number of hydrogen-bond acceptors (Lipinski definition) is 4. The first-order chi connectivity index (χ1) is 9.45. The molecule has 2 N–H and O–H groups in total. The highest BCUT2D eigenvalue weighted by atomic mass is 79.9. The maximum absolute atomic E-state index is 12.2. The molecule has 7 heteroatoms. The van der Waals surface area contributed by atoms with Gasteiger partial charge in [0, 0.05) is 16.1 Å². The summed E-state index contributed by atoms with van der Waals surface area (Å²) in [6, 6.07) is 2.61. The zero-order chi connectivity index (χ0) is 14.9. The van der Waals surface area contributed by atoms with Gasteiger partial charge in [0.2, 0.25) is 5.43 Å². The zero-order valence-electron chi connectivity index (χ0n) is 10.4. The smallest absolute Gasteiger partial charge is 0.343 e. The lowest BCUT2D eigenvalue weighted by Crippen LogP contribution is -2.18. The molecule has 104 valence electrons. The average Bonchev–Trinajstić information content (AvgIpc) is 2.39. The van der Waals surface area contributed by atoms with Gasteiger partial charge < -0.3 is 14.8 Å². The van der Waals surface area contributed by atoms with Crippen molar-refractivity contribution in [2.24, 2.45) is 0 Å². The van der Waals surface area contributed by atoms with Crippen LogP contribution < -0.4 is 5.43 Å². The fraction of sp³-hybridized carbons (Fsp3) is 0.154. The number of aromatic amines is 1. The van der Waals surface area contributed by atoms with E-state index in [2.05, 4.69) is 20.9 Å². The Labute approximate surface area is 121 Å². The van der Waals surface area contributed by atoms with Crippen molar-refractivity contribution in [1.29, 1.82) is 0 Å². The normalized spacial score (nSPS) is 10.5. The molecule has 0 atom stereocenters. The largest absolute Gasteiger partial charge is 0.478 e. The molecular weight excluding hydrogens is 330 g/mol. The van der Waals surface area contributed by atoms with E-state index in [9.17, 15) is 14.4 Å². The lowest BCUT2D eigenvalue weighted by Gasteiger charge is -2.06. The van der Waals surface area contributed by atoms with Gasteiger partial charge in [-0.05, 0) is 35.0 Å². The maximum atomic E-state index is 12.2. The zero-order valence-corrected chi connectivity index (χ0v) is 12.0. The molecule has 6 nitrogen and oxygen atoms in total. The molecule has 20 heavy (non-hydrogen) atoms. The van der Waals surface area contributed by atoms with Crippen LogP contribution in [0.3, 0.4) is 0 Å². The van der Waals surface area contributed by atoms with Gasteiger partial charge in [0.25, 0.3) is 0 Å². The summed E-state index contributed by atoms with van der Waals surface area (Å²) in [4.78, 5) is 37.7. The highest BCUT2D eigenvalue weighted by Crippen LogP contribution is 2.22. The van der Waals surface area contributed by atoms with Gasteiger partial charge in [-0.15, -0.1) is 0 Å². The SMILES string of the molecule is CCOC(=O)c1c[nH]c2c(Br)cc(C(=O)O)cc2c1=O. The number of nitrogens with one attached hydrogen (secondary N) is 1. The molecule has 0 saturated carbocycles. The van der Waals surface area contributed by atoms with Crippen molar-refractivity contribution in [3.8, 4) is 0 Å². The van der Waals surface area contributed by atoms with Crippen LogP contribution in [0.5, 0.6) is 0 Å². The van der Waals surface area contributed by atoms with Gasteiger partial charge in [-0.3, -0.25) is 4.79 Å². The molecule has 2 aromatic rings. The Bertz CT molecular complexity index is 765. The van der Waals surface area contributed by atoms with E-state index in [0.29, 0.717) is 9.99 Å².